The number of benzene rings is 1. The number of amides is 1. The van der Waals surface area contributed by atoms with E-state index in [1.165, 1.54) is 13.0 Å². The van der Waals surface area contributed by atoms with Gasteiger partial charge in [0.2, 0.25) is 5.91 Å². The molecule has 0 aliphatic carbocycles. The summed E-state index contributed by atoms with van der Waals surface area (Å²) in [7, 11) is 0. The molecular formula is C13H14FNO. The SMILES string of the molecule is CC(=O)NCCC#Cc1c(C)cccc1F. The third kappa shape index (κ3) is 3.74. The molecule has 0 unspecified atom stereocenters. The largest absolute Gasteiger partial charge is 0.355 e. The topological polar surface area (TPSA) is 29.1 Å². The molecule has 0 bridgehead atoms. The molecule has 0 heterocycles. The van der Waals surface area contributed by atoms with Gasteiger partial charge in [-0.1, -0.05) is 24.0 Å². The van der Waals surface area contributed by atoms with E-state index in [4.69, 9.17) is 0 Å². The Labute approximate surface area is 94.9 Å². The van der Waals surface area contributed by atoms with Crippen LogP contribution in [-0.2, 0) is 4.79 Å². The summed E-state index contributed by atoms with van der Waals surface area (Å²) in [6.07, 6.45) is 0.521. The van der Waals surface area contributed by atoms with Crippen molar-refractivity contribution in [2.75, 3.05) is 6.54 Å². The first kappa shape index (κ1) is 12.3. The second-order valence-corrected chi connectivity index (χ2v) is 3.47. The molecule has 84 valence electrons. The predicted octanol–water partition coefficient (Wildman–Crippen LogP) is 2.01. The van der Waals surface area contributed by atoms with Crippen LogP contribution in [0.15, 0.2) is 18.2 Å². The van der Waals surface area contributed by atoms with Crippen LogP contribution in [0.2, 0.25) is 0 Å². The molecule has 1 aromatic rings. The van der Waals surface area contributed by atoms with Gasteiger partial charge in [-0.2, -0.15) is 0 Å². The lowest BCUT2D eigenvalue weighted by Crippen LogP contribution is -2.20. The van der Waals surface area contributed by atoms with Gasteiger partial charge in [0.15, 0.2) is 0 Å². The van der Waals surface area contributed by atoms with Crippen molar-refractivity contribution in [3.8, 4) is 11.8 Å². The molecule has 0 atom stereocenters. The number of carbonyl (C=O) groups is 1. The highest BCUT2D eigenvalue weighted by molar-refractivity contribution is 5.72. The lowest BCUT2D eigenvalue weighted by molar-refractivity contribution is -0.118. The zero-order valence-corrected chi connectivity index (χ0v) is 9.43. The Morgan fingerprint density at radius 2 is 2.25 bits per heavy atom. The first-order valence-electron chi connectivity index (χ1n) is 5.09. The van der Waals surface area contributed by atoms with E-state index in [9.17, 15) is 9.18 Å². The molecule has 1 aromatic carbocycles. The maximum Gasteiger partial charge on any atom is 0.216 e. The van der Waals surface area contributed by atoms with Crippen molar-refractivity contribution in [2.45, 2.75) is 20.3 Å². The lowest BCUT2D eigenvalue weighted by atomic mass is 10.1. The summed E-state index contributed by atoms with van der Waals surface area (Å²) in [6.45, 7) is 3.77. The number of hydrogen-bond acceptors (Lipinski definition) is 1. The first-order chi connectivity index (χ1) is 7.61. The summed E-state index contributed by atoms with van der Waals surface area (Å²) in [5.41, 5.74) is 1.26. The zero-order valence-electron chi connectivity index (χ0n) is 9.43. The van der Waals surface area contributed by atoms with Crippen molar-refractivity contribution < 1.29 is 9.18 Å². The van der Waals surface area contributed by atoms with Gasteiger partial charge >= 0.3 is 0 Å². The smallest absolute Gasteiger partial charge is 0.216 e. The van der Waals surface area contributed by atoms with E-state index < -0.39 is 0 Å². The van der Waals surface area contributed by atoms with Gasteiger partial charge in [0.05, 0.1) is 5.56 Å². The Hall–Kier alpha value is -1.82. The van der Waals surface area contributed by atoms with E-state index >= 15 is 0 Å². The minimum absolute atomic E-state index is 0.0797. The first-order valence-corrected chi connectivity index (χ1v) is 5.09. The van der Waals surface area contributed by atoms with E-state index in [-0.39, 0.29) is 11.7 Å². The number of carbonyl (C=O) groups excluding carboxylic acids is 1. The molecule has 0 spiro atoms. The van der Waals surface area contributed by atoms with Crippen LogP contribution in [0, 0.1) is 24.6 Å². The van der Waals surface area contributed by atoms with E-state index in [0.29, 0.717) is 18.5 Å². The van der Waals surface area contributed by atoms with E-state index in [1.807, 2.05) is 13.0 Å². The fourth-order valence-electron chi connectivity index (χ4n) is 1.24. The predicted molar refractivity (Wildman–Crippen MR) is 61.3 cm³/mol. The molecule has 1 N–H and O–H groups in total. The number of hydrogen-bond donors (Lipinski definition) is 1. The van der Waals surface area contributed by atoms with Crippen molar-refractivity contribution in [2.24, 2.45) is 0 Å². The molecule has 16 heavy (non-hydrogen) atoms. The van der Waals surface area contributed by atoms with E-state index in [2.05, 4.69) is 17.2 Å². The Morgan fingerprint density at radius 3 is 2.88 bits per heavy atom. The highest BCUT2D eigenvalue weighted by Gasteiger charge is 2.00. The number of halogens is 1. The quantitative estimate of drug-likeness (QED) is 0.598. The molecule has 3 heteroatoms. The normalized spacial score (nSPS) is 9.19. The average Bonchev–Trinajstić information content (AvgIpc) is 2.21. The van der Waals surface area contributed by atoms with Crippen molar-refractivity contribution in [3.05, 3.63) is 35.1 Å². The van der Waals surface area contributed by atoms with Crippen LogP contribution in [0.3, 0.4) is 0 Å². The van der Waals surface area contributed by atoms with Gasteiger partial charge < -0.3 is 5.32 Å². The monoisotopic (exact) mass is 219 g/mol. The Balaban J connectivity index is 2.60. The Bertz CT molecular complexity index is 423. The average molecular weight is 219 g/mol. The molecule has 1 rings (SSSR count). The summed E-state index contributed by atoms with van der Waals surface area (Å²) in [6, 6.07) is 4.87. The summed E-state index contributed by atoms with van der Waals surface area (Å²) >= 11 is 0. The minimum Gasteiger partial charge on any atom is -0.355 e. The minimum atomic E-state index is -0.299. The van der Waals surface area contributed by atoms with Gasteiger partial charge in [-0.25, -0.2) is 4.39 Å². The van der Waals surface area contributed by atoms with Crippen molar-refractivity contribution >= 4 is 5.91 Å². The van der Waals surface area contributed by atoms with Crippen molar-refractivity contribution in [3.63, 3.8) is 0 Å². The van der Waals surface area contributed by atoms with Crippen LogP contribution in [0.1, 0.15) is 24.5 Å². The third-order valence-corrected chi connectivity index (χ3v) is 2.06. The molecule has 0 radical (unpaired) electrons. The van der Waals surface area contributed by atoms with Crippen LogP contribution < -0.4 is 5.32 Å². The highest BCUT2D eigenvalue weighted by Crippen LogP contribution is 2.10. The molecule has 0 saturated carbocycles. The van der Waals surface area contributed by atoms with Gasteiger partial charge in [0, 0.05) is 19.9 Å². The second kappa shape index (κ2) is 5.92. The van der Waals surface area contributed by atoms with Crippen molar-refractivity contribution in [1.29, 1.82) is 0 Å². The van der Waals surface area contributed by atoms with Crippen LogP contribution in [-0.4, -0.2) is 12.5 Å². The van der Waals surface area contributed by atoms with Gasteiger partial charge in [0.25, 0.3) is 0 Å². The molecule has 0 saturated heterocycles. The van der Waals surface area contributed by atoms with E-state index in [0.717, 1.165) is 5.56 Å². The summed E-state index contributed by atoms with van der Waals surface area (Å²) < 4.78 is 13.3. The van der Waals surface area contributed by atoms with Gasteiger partial charge in [-0.05, 0) is 18.6 Å². The Kier molecular flexibility index (Phi) is 4.53. The zero-order chi connectivity index (χ0) is 12.0. The van der Waals surface area contributed by atoms with Crippen LogP contribution in [0.25, 0.3) is 0 Å². The molecule has 0 aliphatic rings. The molecule has 0 aliphatic heterocycles. The number of aryl methyl sites for hydroxylation is 1. The molecule has 0 fully saturated rings. The van der Waals surface area contributed by atoms with Crippen LogP contribution >= 0.6 is 0 Å². The fourth-order valence-corrected chi connectivity index (χ4v) is 1.24. The maximum atomic E-state index is 13.3. The summed E-state index contributed by atoms with van der Waals surface area (Å²) in [4.78, 5) is 10.6. The van der Waals surface area contributed by atoms with Crippen LogP contribution in [0.4, 0.5) is 4.39 Å². The summed E-state index contributed by atoms with van der Waals surface area (Å²) in [5, 5.41) is 2.63. The molecule has 1 amide bonds. The van der Waals surface area contributed by atoms with Crippen molar-refractivity contribution in [1.82, 2.24) is 5.32 Å². The highest BCUT2D eigenvalue weighted by atomic mass is 19.1. The summed E-state index contributed by atoms with van der Waals surface area (Å²) in [5.74, 6) is 5.23. The number of nitrogens with one attached hydrogen (secondary N) is 1. The molecule has 2 nitrogen and oxygen atoms in total. The number of rotatable bonds is 2. The van der Waals surface area contributed by atoms with Crippen LogP contribution in [0.5, 0.6) is 0 Å². The van der Waals surface area contributed by atoms with Gasteiger partial charge in [-0.15, -0.1) is 0 Å². The maximum absolute atomic E-state index is 13.3. The fraction of sp³-hybridized carbons (Fsp3) is 0.308. The van der Waals surface area contributed by atoms with Gasteiger partial charge in [0.1, 0.15) is 5.82 Å². The Morgan fingerprint density at radius 1 is 1.50 bits per heavy atom. The lowest BCUT2D eigenvalue weighted by Gasteiger charge is -1.98. The second-order valence-electron chi connectivity index (χ2n) is 3.47. The molecular weight excluding hydrogens is 205 g/mol. The van der Waals surface area contributed by atoms with Gasteiger partial charge in [-0.3, -0.25) is 4.79 Å². The van der Waals surface area contributed by atoms with E-state index in [1.54, 1.807) is 6.07 Å². The molecule has 0 aromatic heterocycles. The standard InChI is InChI=1S/C13H14FNO/c1-10-6-5-8-13(14)12(10)7-3-4-9-15-11(2)16/h5-6,8H,4,9H2,1-2H3,(H,15,16). The third-order valence-electron chi connectivity index (χ3n) is 2.06.